The summed E-state index contributed by atoms with van der Waals surface area (Å²) < 4.78 is 5.40. The normalized spacial score (nSPS) is 11.1. The van der Waals surface area contributed by atoms with Gasteiger partial charge in [0.05, 0.1) is 5.39 Å². The number of rotatable bonds is 2. The molecule has 124 valence electrons. The summed E-state index contributed by atoms with van der Waals surface area (Å²) in [6.07, 6.45) is 2.16. The summed E-state index contributed by atoms with van der Waals surface area (Å²) in [6.45, 7) is 3.78. The first-order valence-electron chi connectivity index (χ1n) is 7.30. The van der Waals surface area contributed by atoms with Crippen LogP contribution in [0.25, 0.3) is 21.9 Å². The van der Waals surface area contributed by atoms with Gasteiger partial charge in [-0.15, -0.1) is 0 Å². The van der Waals surface area contributed by atoms with Gasteiger partial charge in [-0.2, -0.15) is 0 Å². The molecule has 6 heteroatoms. The zero-order valence-corrected chi connectivity index (χ0v) is 13.1. The van der Waals surface area contributed by atoms with Gasteiger partial charge in [-0.05, 0) is 38.5 Å². The minimum Gasteiger partial charge on any atom is -0.507 e. The van der Waals surface area contributed by atoms with Crippen LogP contribution in [-0.4, -0.2) is 20.4 Å². The van der Waals surface area contributed by atoms with Gasteiger partial charge in [0.2, 0.25) is 11.2 Å². The predicted octanol–water partition coefficient (Wildman–Crippen LogP) is 3.28. The Hall–Kier alpha value is -3.15. The van der Waals surface area contributed by atoms with Gasteiger partial charge in [0.1, 0.15) is 11.1 Å². The fourth-order valence-electron chi connectivity index (χ4n) is 2.56. The van der Waals surface area contributed by atoms with Crippen molar-refractivity contribution in [2.75, 3.05) is 0 Å². The van der Waals surface area contributed by atoms with Gasteiger partial charge < -0.3 is 24.8 Å². The Morgan fingerprint density at radius 2 is 1.71 bits per heavy atom. The fourth-order valence-corrected chi connectivity index (χ4v) is 2.56. The molecular formula is C18H16O6. The molecule has 0 saturated heterocycles. The SMILES string of the molecule is CC(C)=CCc1cc2c(=O)c3c(O)ccc(O)c3oc2c(O)c1O. The van der Waals surface area contributed by atoms with E-state index < -0.39 is 11.2 Å². The molecule has 0 radical (unpaired) electrons. The Labute approximate surface area is 136 Å². The highest BCUT2D eigenvalue weighted by molar-refractivity contribution is 5.98. The fraction of sp³-hybridized carbons (Fsp3) is 0.167. The predicted molar refractivity (Wildman–Crippen MR) is 89.8 cm³/mol. The molecule has 6 nitrogen and oxygen atoms in total. The molecule has 0 saturated carbocycles. The van der Waals surface area contributed by atoms with Crippen molar-refractivity contribution >= 4 is 21.9 Å². The average molecular weight is 328 g/mol. The quantitative estimate of drug-likeness (QED) is 0.249. The smallest absolute Gasteiger partial charge is 0.204 e. The van der Waals surface area contributed by atoms with E-state index in [0.29, 0.717) is 12.0 Å². The number of allylic oxidation sites excluding steroid dienone is 2. The summed E-state index contributed by atoms with van der Waals surface area (Å²) in [5, 5.41) is 39.9. The maximum atomic E-state index is 12.7. The van der Waals surface area contributed by atoms with E-state index in [4.69, 9.17) is 4.42 Å². The third-order valence-corrected chi connectivity index (χ3v) is 3.83. The highest BCUT2D eigenvalue weighted by Crippen LogP contribution is 2.40. The van der Waals surface area contributed by atoms with Crippen molar-refractivity contribution in [3.63, 3.8) is 0 Å². The molecular weight excluding hydrogens is 312 g/mol. The standard InChI is InChI=1S/C18H16O6/c1-8(2)3-4-9-7-10-15(22)13-11(19)5-6-12(20)18(13)24-17(10)16(23)14(9)21/h3,5-7,19-21,23H,4H2,1-2H3. The van der Waals surface area contributed by atoms with Crippen LogP contribution in [0.5, 0.6) is 23.0 Å². The molecule has 4 N–H and O–H groups in total. The Bertz CT molecular complexity index is 1050. The van der Waals surface area contributed by atoms with Crippen LogP contribution in [0.2, 0.25) is 0 Å². The Morgan fingerprint density at radius 3 is 2.38 bits per heavy atom. The maximum absolute atomic E-state index is 12.7. The van der Waals surface area contributed by atoms with Crippen molar-refractivity contribution in [1.29, 1.82) is 0 Å². The Kier molecular flexibility index (Phi) is 3.60. The molecule has 1 heterocycles. The van der Waals surface area contributed by atoms with Crippen molar-refractivity contribution in [2.24, 2.45) is 0 Å². The lowest BCUT2D eigenvalue weighted by Crippen LogP contribution is -2.04. The second kappa shape index (κ2) is 5.49. The second-order valence-corrected chi connectivity index (χ2v) is 5.83. The second-order valence-electron chi connectivity index (χ2n) is 5.83. The van der Waals surface area contributed by atoms with Gasteiger partial charge in [0.15, 0.2) is 22.7 Å². The summed E-state index contributed by atoms with van der Waals surface area (Å²) in [4.78, 5) is 12.7. The van der Waals surface area contributed by atoms with Gasteiger partial charge in [0, 0.05) is 5.56 Å². The van der Waals surface area contributed by atoms with Gasteiger partial charge in [0.25, 0.3) is 0 Å². The number of hydrogen-bond acceptors (Lipinski definition) is 6. The van der Waals surface area contributed by atoms with Crippen molar-refractivity contribution in [2.45, 2.75) is 20.3 Å². The van der Waals surface area contributed by atoms with E-state index >= 15 is 0 Å². The minimum atomic E-state index is -0.603. The van der Waals surface area contributed by atoms with Gasteiger partial charge >= 0.3 is 0 Å². The molecule has 0 amide bonds. The van der Waals surface area contributed by atoms with Gasteiger partial charge in [-0.3, -0.25) is 4.79 Å². The van der Waals surface area contributed by atoms with E-state index in [1.54, 1.807) is 0 Å². The summed E-state index contributed by atoms with van der Waals surface area (Å²) in [6, 6.07) is 3.77. The average Bonchev–Trinajstić information content (AvgIpc) is 2.53. The number of benzene rings is 2. The summed E-state index contributed by atoms with van der Waals surface area (Å²) in [5.74, 6) is -1.65. The van der Waals surface area contributed by atoms with E-state index in [1.807, 2.05) is 19.9 Å². The molecule has 0 aliphatic rings. The van der Waals surface area contributed by atoms with Gasteiger partial charge in [-0.25, -0.2) is 0 Å². The lowest BCUT2D eigenvalue weighted by molar-refractivity contribution is 0.397. The first-order chi connectivity index (χ1) is 11.3. The zero-order valence-electron chi connectivity index (χ0n) is 13.1. The van der Waals surface area contributed by atoms with Crippen molar-refractivity contribution in [1.82, 2.24) is 0 Å². The third-order valence-electron chi connectivity index (χ3n) is 3.83. The maximum Gasteiger partial charge on any atom is 0.204 e. The first kappa shape index (κ1) is 15.7. The molecule has 2 aromatic carbocycles. The van der Waals surface area contributed by atoms with E-state index in [1.165, 1.54) is 18.2 Å². The van der Waals surface area contributed by atoms with Crippen LogP contribution in [-0.2, 0) is 6.42 Å². The Morgan fingerprint density at radius 1 is 1.04 bits per heavy atom. The number of phenolic OH excluding ortho intramolecular Hbond substituents is 4. The van der Waals surface area contributed by atoms with Gasteiger partial charge in [-0.1, -0.05) is 11.6 Å². The number of phenols is 4. The molecule has 3 rings (SSSR count). The van der Waals surface area contributed by atoms with Crippen LogP contribution in [0.15, 0.2) is 39.1 Å². The lowest BCUT2D eigenvalue weighted by Gasteiger charge is -2.10. The van der Waals surface area contributed by atoms with Crippen LogP contribution < -0.4 is 5.43 Å². The highest BCUT2D eigenvalue weighted by atomic mass is 16.4. The van der Waals surface area contributed by atoms with Crippen LogP contribution >= 0.6 is 0 Å². The Balaban J connectivity index is 2.45. The molecule has 0 spiro atoms. The van der Waals surface area contributed by atoms with E-state index in [0.717, 1.165) is 5.57 Å². The zero-order chi connectivity index (χ0) is 17.6. The minimum absolute atomic E-state index is 0.0101. The summed E-state index contributed by atoms with van der Waals surface area (Å²) in [5.41, 5.74) is 0.272. The van der Waals surface area contributed by atoms with Crippen molar-refractivity contribution in [3.05, 3.63) is 45.6 Å². The molecule has 0 unspecified atom stereocenters. The summed E-state index contributed by atoms with van der Waals surface area (Å²) in [7, 11) is 0. The number of hydrogen-bond donors (Lipinski definition) is 4. The molecule has 3 aromatic rings. The molecule has 0 fully saturated rings. The van der Waals surface area contributed by atoms with Crippen LogP contribution in [0, 0.1) is 0 Å². The third kappa shape index (κ3) is 2.32. The van der Waals surface area contributed by atoms with Crippen molar-refractivity contribution < 1.29 is 24.8 Å². The van der Waals surface area contributed by atoms with E-state index in [9.17, 15) is 25.2 Å². The van der Waals surface area contributed by atoms with Crippen LogP contribution in [0.1, 0.15) is 19.4 Å². The lowest BCUT2D eigenvalue weighted by atomic mass is 10.0. The molecule has 0 bridgehead atoms. The monoisotopic (exact) mass is 328 g/mol. The van der Waals surface area contributed by atoms with E-state index in [2.05, 4.69) is 0 Å². The van der Waals surface area contributed by atoms with Crippen molar-refractivity contribution in [3.8, 4) is 23.0 Å². The molecule has 0 aliphatic heterocycles. The topological polar surface area (TPSA) is 111 Å². The molecule has 0 aliphatic carbocycles. The van der Waals surface area contributed by atoms with Crippen LogP contribution in [0.3, 0.4) is 0 Å². The highest BCUT2D eigenvalue weighted by Gasteiger charge is 2.20. The molecule has 24 heavy (non-hydrogen) atoms. The van der Waals surface area contributed by atoms with Crippen LogP contribution in [0.4, 0.5) is 0 Å². The number of fused-ring (bicyclic) bond motifs is 2. The first-order valence-corrected chi connectivity index (χ1v) is 7.30. The van der Waals surface area contributed by atoms with E-state index in [-0.39, 0.29) is 39.2 Å². The molecule has 1 aromatic heterocycles. The molecule has 0 atom stereocenters. The largest absolute Gasteiger partial charge is 0.507 e. The number of aromatic hydroxyl groups is 4. The summed E-state index contributed by atoms with van der Waals surface area (Å²) >= 11 is 0.